The Morgan fingerprint density at radius 2 is 2.12 bits per heavy atom. The van der Waals surface area contributed by atoms with E-state index in [0.717, 1.165) is 13.0 Å². The Balaban J connectivity index is 2.10. The molecule has 2 rings (SSSR count). The first-order valence-corrected chi connectivity index (χ1v) is 6.00. The fourth-order valence-corrected chi connectivity index (χ4v) is 2.00. The van der Waals surface area contributed by atoms with E-state index in [4.69, 9.17) is 0 Å². The van der Waals surface area contributed by atoms with Crippen molar-refractivity contribution in [2.45, 2.75) is 25.8 Å². The van der Waals surface area contributed by atoms with E-state index in [1.165, 1.54) is 11.1 Å². The fraction of sp³-hybridized carbons (Fsp3) is 0.267. The number of imidazole rings is 1. The molecule has 0 radical (unpaired) electrons. The lowest BCUT2D eigenvalue weighted by molar-refractivity contribution is 0.787. The molecule has 1 unspecified atom stereocenters. The molecule has 2 aromatic rings. The summed E-state index contributed by atoms with van der Waals surface area (Å²) >= 11 is 0. The molecule has 0 amide bonds. The van der Waals surface area contributed by atoms with Gasteiger partial charge in [-0.05, 0) is 17.5 Å². The average Bonchev–Trinajstić information content (AvgIpc) is 2.86. The van der Waals surface area contributed by atoms with Crippen LogP contribution < -0.4 is 0 Å². The molecule has 88 valence electrons. The summed E-state index contributed by atoms with van der Waals surface area (Å²) in [6.45, 7) is 6.95. The van der Waals surface area contributed by atoms with Crippen molar-refractivity contribution in [1.82, 2.24) is 9.55 Å². The number of rotatable bonds is 5. The SMILES string of the molecule is C=CC(CC)c1ccc(Cn2ccnc2)cc1. The predicted octanol–water partition coefficient (Wildman–Crippen LogP) is 3.61. The van der Waals surface area contributed by atoms with Crippen LogP contribution in [0.1, 0.15) is 30.4 Å². The first-order valence-electron chi connectivity index (χ1n) is 6.00. The minimum atomic E-state index is 0.470. The molecule has 1 aromatic carbocycles. The van der Waals surface area contributed by atoms with Gasteiger partial charge in [0.05, 0.1) is 6.33 Å². The van der Waals surface area contributed by atoms with Crippen LogP contribution in [-0.2, 0) is 6.54 Å². The van der Waals surface area contributed by atoms with Gasteiger partial charge in [-0.25, -0.2) is 4.98 Å². The molecule has 1 aromatic heterocycles. The van der Waals surface area contributed by atoms with E-state index in [-0.39, 0.29) is 0 Å². The monoisotopic (exact) mass is 226 g/mol. The zero-order chi connectivity index (χ0) is 12.1. The molecule has 2 nitrogen and oxygen atoms in total. The lowest BCUT2D eigenvalue weighted by Crippen LogP contribution is -1.98. The van der Waals surface area contributed by atoms with Gasteiger partial charge in [0.25, 0.3) is 0 Å². The molecule has 1 atom stereocenters. The van der Waals surface area contributed by atoms with Crippen LogP contribution in [0.25, 0.3) is 0 Å². The van der Waals surface area contributed by atoms with Crippen molar-refractivity contribution in [1.29, 1.82) is 0 Å². The summed E-state index contributed by atoms with van der Waals surface area (Å²) < 4.78 is 2.07. The maximum absolute atomic E-state index is 4.04. The van der Waals surface area contributed by atoms with Crippen LogP contribution in [0.2, 0.25) is 0 Å². The van der Waals surface area contributed by atoms with Crippen LogP contribution in [-0.4, -0.2) is 9.55 Å². The molecule has 1 heterocycles. The van der Waals surface area contributed by atoms with Gasteiger partial charge in [0.1, 0.15) is 0 Å². The van der Waals surface area contributed by atoms with E-state index < -0.39 is 0 Å². The Labute approximate surface area is 103 Å². The minimum Gasteiger partial charge on any atom is -0.333 e. The smallest absolute Gasteiger partial charge is 0.0949 e. The van der Waals surface area contributed by atoms with E-state index in [1.54, 1.807) is 6.20 Å². The maximum Gasteiger partial charge on any atom is 0.0949 e. The molecule has 0 aliphatic carbocycles. The van der Waals surface area contributed by atoms with Crippen LogP contribution >= 0.6 is 0 Å². The van der Waals surface area contributed by atoms with E-state index in [0.29, 0.717) is 5.92 Å². The van der Waals surface area contributed by atoms with Gasteiger partial charge < -0.3 is 4.57 Å². The Hall–Kier alpha value is -1.83. The average molecular weight is 226 g/mol. The summed E-state index contributed by atoms with van der Waals surface area (Å²) in [4.78, 5) is 4.04. The van der Waals surface area contributed by atoms with Gasteiger partial charge in [0.15, 0.2) is 0 Å². The molecule has 0 N–H and O–H groups in total. The second-order valence-electron chi connectivity index (χ2n) is 4.23. The number of nitrogens with zero attached hydrogens (tertiary/aromatic N) is 2. The molecule has 0 bridgehead atoms. The first kappa shape index (κ1) is 11.6. The van der Waals surface area contributed by atoms with Crippen molar-refractivity contribution >= 4 is 0 Å². The molecule has 0 spiro atoms. The summed E-state index contributed by atoms with van der Waals surface area (Å²) in [6, 6.07) is 8.76. The van der Waals surface area contributed by atoms with Crippen LogP contribution in [0.5, 0.6) is 0 Å². The van der Waals surface area contributed by atoms with E-state index in [1.807, 2.05) is 18.6 Å². The summed E-state index contributed by atoms with van der Waals surface area (Å²) in [7, 11) is 0. The van der Waals surface area contributed by atoms with Gasteiger partial charge in [-0.15, -0.1) is 6.58 Å². The van der Waals surface area contributed by atoms with Crippen molar-refractivity contribution < 1.29 is 0 Å². The normalized spacial score (nSPS) is 12.3. The van der Waals surface area contributed by atoms with E-state index >= 15 is 0 Å². The van der Waals surface area contributed by atoms with Gasteiger partial charge in [-0.3, -0.25) is 0 Å². The molecule has 0 aliphatic rings. The van der Waals surface area contributed by atoms with Gasteiger partial charge in [0.2, 0.25) is 0 Å². The highest BCUT2D eigenvalue weighted by Crippen LogP contribution is 2.20. The van der Waals surface area contributed by atoms with Crippen LogP contribution in [0.4, 0.5) is 0 Å². The highest BCUT2D eigenvalue weighted by atomic mass is 15.0. The van der Waals surface area contributed by atoms with Crippen molar-refractivity contribution in [3.05, 3.63) is 66.8 Å². The van der Waals surface area contributed by atoms with Crippen molar-refractivity contribution in [3.63, 3.8) is 0 Å². The molecule has 0 saturated heterocycles. The van der Waals surface area contributed by atoms with Crippen molar-refractivity contribution in [2.75, 3.05) is 0 Å². The molecule has 2 heteroatoms. The Morgan fingerprint density at radius 3 is 2.65 bits per heavy atom. The number of aromatic nitrogens is 2. The summed E-state index contributed by atoms with van der Waals surface area (Å²) in [5, 5.41) is 0. The lowest BCUT2D eigenvalue weighted by Gasteiger charge is -2.11. The zero-order valence-corrected chi connectivity index (χ0v) is 10.2. The third-order valence-corrected chi connectivity index (χ3v) is 3.06. The quantitative estimate of drug-likeness (QED) is 0.712. The second kappa shape index (κ2) is 5.48. The third-order valence-electron chi connectivity index (χ3n) is 3.06. The molecule has 0 aliphatic heterocycles. The summed E-state index contributed by atoms with van der Waals surface area (Å²) in [6.07, 6.45) is 8.74. The van der Waals surface area contributed by atoms with Crippen molar-refractivity contribution in [3.8, 4) is 0 Å². The topological polar surface area (TPSA) is 17.8 Å². The first-order chi connectivity index (χ1) is 8.33. The number of benzene rings is 1. The second-order valence-corrected chi connectivity index (χ2v) is 4.23. The van der Waals surface area contributed by atoms with Gasteiger partial charge in [-0.1, -0.05) is 37.3 Å². The maximum atomic E-state index is 4.04. The Bertz CT molecular complexity index is 454. The van der Waals surface area contributed by atoms with Gasteiger partial charge >= 0.3 is 0 Å². The molecular formula is C15H18N2. The number of allylic oxidation sites excluding steroid dienone is 1. The molecule has 0 fully saturated rings. The number of hydrogen-bond donors (Lipinski definition) is 0. The van der Waals surface area contributed by atoms with E-state index in [9.17, 15) is 0 Å². The zero-order valence-electron chi connectivity index (χ0n) is 10.2. The Kier molecular flexibility index (Phi) is 3.76. The molecule has 0 saturated carbocycles. The lowest BCUT2D eigenvalue weighted by atomic mass is 9.96. The predicted molar refractivity (Wildman–Crippen MR) is 71.0 cm³/mol. The highest BCUT2D eigenvalue weighted by Gasteiger charge is 2.04. The van der Waals surface area contributed by atoms with Crippen LogP contribution in [0, 0.1) is 0 Å². The van der Waals surface area contributed by atoms with Gasteiger partial charge in [-0.2, -0.15) is 0 Å². The minimum absolute atomic E-state index is 0.470. The van der Waals surface area contributed by atoms with E-state index in [2.05, 4.69) is 47.3 Å². The standard InChI is InChI=1S/C15H18N2/c1-3-14(4-2)15-7-5-13(6-8-15)11-17-10-9-16-12-17/h3,5-10,12,14H,1,4,11H2,2H3. The highest BCUT2D eigenvalue weighted by molar-refractivity contribution is 5.27. The van der Waals surface area contributed by atoms with Crippen LogP contribution in [0.3, 0.4) is 0 Å². The van der Waals surface area contributed by atoms with Crippen LogP contribution in [0.15, 0.2) is 55.6 Å². The molecule has 17 heavy (non-hydrogen) atoms. The fourth-order valence-electron chi connectivity index (χ4n) is 2.00. The Morgan fingerprint density at radius 1 is 1.35 bits per heavy atom. The van der Waals surface area contributed by atoms with Crippen molar-refractivity contribution in [2.24, 2.45) is 0 Å². The largest absolute Gasteiger partial charge is 0.333 e. The van der Waals surface area contributed by atoms with Gasteiger partial charge in [0, 0.05) is 24.9 Å². The molecular weight excluding hydrogens is 208 g/mol. The summed E-state index contributed by atoms with van der Waals surface area (Å²) in [5.41, 5.74) is 2.64. The summed E-state index contributed by atoms with van der Waals surface area (Å²) in [5.74, 6) is 0.470. The number of hydrogen-bond acceptors (Lipinski definition) is 1. The third kappa shape index (κ3) is 2.84.